The molecule has 1 fully saturated rings. The van der Waals surface area contributed by atoms with E-state index in [1.807, 2.05) is 48.7 Å². The minimum atomic E-state index is 0.114. The number of carbonyl (C=O) groups excluding carboxylic acids is 1. The SMILES string of the molecule is CC(=O)c1cn(CCCN2CCN(CCOc3ccc(Cl)cc3)CC2)c2c(Br)cccc12. The second kappa shape index (κ2) is 10.8. The Morgan fingerprint density at radius 2 is 1.69 bits per heavy atom. The van der Waals surface area contributed by atoms with Gasteiger partial charge in [0, 0.05) is 65.9 Å². The number of halogens is 2. The van der Waals surface area contributed by atoms with E-state index in [9.17, 15) is 4.79 Å². The number of fused-ring (bicyclic) bond motifs is 1. The topological polar surface area (TPSA) is 37.7 Å². The van der Waals surface area contributed by atoms with Crippen LogP contribution in [0.4, 0.5) is 0 Å². The van der Waals surface area contributed by atoms with Gasteiger partial charge >= 0.3 is 0 Å². The quantitative estimate of drug-likeness (QED) is 0.358. The molecule has 1 saturated heterocycles. The zero-order valence-corrected chi connectivity index (χ0v) is 20.7. The van der Waals surface area contributed by atoms with Crippen molar-refractivity contribution in [3.63, 3.8) is 0 Å². The van der Waals surface area contributed by atoms with Gasteiger partial charge in [0.15, 0.2) is 5.78 Å². The van der Waals surface area contributed by atoms with Gasteiger partial charge in [-0.2, -0.15) is 0 Å². The zero-order valence-electron chi connectivity index (χ0n) is 18.4. The molecule has 0 amide bonds. The van der Waals surface area contributed by atoms with E-state index < -0.39 is 0 Å². The third kappa shape index (κ3) is 5.73. The van der Waals surface area contributed by atoms with Crippen LogP contribution in [0.2, 0.25) is 5.02 Å². The molecular formula is C25H29BrClN3O2. The molecule has 1 aliphatic rings. The lowest BCUT2D eigenvalue weighted by Crippen LogP contribution is -2.47. The van der Waals surface area contributed by atoms with Crippen LogP contribution in [0.25, 0.3) is 10.9 Å². The molecule has 0 aliphatic carbocycles. The number of aromatic nitrogens is 1. The molecular weight excluding hydrogens is 490 g/mol. The van der Waals surface area contributed by atoms with Crippen molar-refractivity contribution in [2.24, 2.45) is 0 Å². The number of aryl methyl sites for hydroxylation is 1. The minimum Gasteiger partial charge on any atom is -0.492 e. The van der Waals surface area contributed by atoms with Crippen LogP contribution in [0.5, 0.6) is 5.75 Å². The number of benzene rings is 2. The van der Waals surface area contributed by atoms with E-state index >= 15 is 0 Å². The standard InChI is InChI=1S/C25H29BrClN3O2/c1-19(31)23-18-30(25-22(23)4-2-5-24(25)26)11-3-10-28-12-14-29(15-13-28)16-17-32-21-8-6-20(27)7-9-21/h2,4-9,18H,3,10-17H2,1H3. The summed E-state index contributed by atoms with van der Waals surface area (Å²) in [5, 5.41) is 1.76. The molecule has 170 valence electrons. The Morgan fingerprint density at radius 1 is 1.00 bits per heavy atom. The average Bonchev–Trinajstić information content (AvgIpc) is 3.16. The number of hydrogen-bond donors (Lipinski definition) is 0. The molecule has 0 radical (unpaired) electrons. The van der Waals surface area contributed by atoms with Crippen molar-refractivity contribution in [3.8, 4) is 5.75 Å². The Morgan fingerprint density at radius 3 is 2.38 bits per heavy atom. The molecule has 7 heteroatoms. The summed E-state index contributed by atoms with van der Waals surface area (Å²) in [5.41, 5.74) is 1.92. The van der Waals surface area contributed by atoms with Crippen molar-refractivity contribution >= 4 is 44.2 Å². The van der Waals surface area contributed by atoms with Gasteiger partial charge in [0.05, 0.1) is 5.52 Å². The lowest BCUT2D eigenvalue weighted by atomic mass is 10.1. The molecule has 0 unspecified atom stereocenters. The number of hydrogen-bond acceptors (Lipinski definition) is 4. The van der Waals surface area contributed by atoms with Crippen molar-refractivity contribution < 1.29 is 9.53 Å². The van der Waals surface area contributed by atoms with Crippen LogP contribution >= 0.6 is 27.5 Å². The van der Waals surface area contributed by atoms with Gasteiger partial charge in [0.1, 0.15) is 12.4 Å². The fourth-order valence-electron chi connectivity index (χ4n) is 4.30. The van der Waals surface area contributed by atoms with Crippen molar-refractivity contribution in [1.29, 1.82) is 0 Å². The van der Waals surface area contributed by atoms with Crippen LogP contribution in [-0.4, -0.2) is 66.0 Å². The Bertz CT molecular complexity index is 1060. The van der Waals surface area contributed by atoms with Crippen molar-refractivity contribution in [3.05, 3.63) is 63.7 Å². The highest BCUT2D eigenvalue weighted by Gasteiger charge is 2.17. The fourth-order valence-corrected chi connectivity index (χ4v) is 5.02. The summed E-state index contributed by atoms with van der Waals surface area (Å²) in [5.74, 6) is 0.980. The Balaban J connectivity index is 1.21. The van der Waals surface area contributed by atoms with Crippen molar-refractivity contribution in [2.75, 3.05) is 45.9 Å². The van der Waals surface area contributed by atoms with Crippen molar-refractivity contribution in [2.45, 2.75) is 19.9 Å². The average molecular weight is 519 g/mol. The van der Waals surface area contributed by atoms with E-state index in [-0.39, 0.29) is 5.78 Å². The Kier molecular flexibility index (Phi) is 7.89. The molecule has 5 nitrogen and oxygen atoms in total. The molecule has 2 aromatic carbocycles. The van der Waals surface area contributed by atoms with Crippen LogP contribution in [0, 0.1) is 0 Å². The first-order valence-electron chi connectivity index (χ1n) is 11.1. The molecule has 3 aromatic rings. The van der Waals surface area contributed by atoms with Gasteiger partial charge < -0.3 is 14.2 Å². The van der Waals surface area contributed by atoms with E-state index in [1.54, 1.807) is 6.92 Å². The predicted octanol–water partition coefficient (Wildman–Crippen LogP) is 5.35. The minimum absolute atomic E-state index is 0.114. The Hall–Kier alpha value is -1.86. The first kappa shape index (κ1) is 23.3. The number of carbonyl (C=O) groups is 1. The summed E-state index contributed by atoms with van der Waals surface area (Å²) in [4.78, 5) is 17.0. The summed E-state index contributed by atoms with van der Waals surface area (Å²) >= 11 is 9.57. The number of nitrogens with zero attached hydrogens (tertiary/aromatic N) is 3. The fraction of sp³-hybridized carbons (Fsp3) is 0.400. The predicted molar refractivity (Wildman–Crippen MR) is 134 cm³/mol. The summed E-state index contributed by atoms with van der Waals surface area (Å²) in [6.45, 7) is 9.53. The zero-order chi connectivity index (χ0) is 22.5. The molecule has 1 aromatic heterocycles. The number of ketones is 1. The van der Waals surface area contributed by atoms with Crippen LogP contribution in [-0.2, 0) is 6.54 Å². The maximum absolute atomic E-state index is 12.0. The van der Waals surface area contributed by atoms with Crippen LogP contribution in [0.1, 0.15) is 23.7 Å². The summed E-state index contributed by atoms with van der Waals surface area (Å²) in [6, 6.07) is 13.6. The van der Waals surface area contributed by atoms with Gasteiger partial charge in [-0.1, -0.05) is 23.7 Å². The highest BCUT2D eigenvalue weighted by Crippen LogP contribution is 2.29. The van der Waals surface area contributed by atoms with Gasteiger partial charge in [-0.15, -0.1) is 0 Å². The first-order valence-corrected chi connectivity index (χ1v) is 12.3. The highest BCUT2D eigenvalue weighted by molar-refractivity contribution is 9.10. The molecule has 0 spiro atoms. The first-order chi connectivity index (χ1) is 15.5. The summed E-state index contributed by atoms with van der Waals surface area (Å²) in [7, 11) is 0. The van der Waals surface area contributed by atoms with Crippen LogP contribution < -0.4 is 4.74 Å². The number of ether oxygens (including phenoxy) is 1. The monoisotopic (exact) mass is 517 g/mol. The van der Waals surface area contributed by atoms with Gasteiger partial charge in [-0.25, -0.2) is 0 Å². The Labute approximate surface area is 203 Å². The van der Waals surface area contributed by atoms with Gasteiger partial charge in [-0.05, 0) is 66.2 Å². The molecule has 1 aliphatic heterocycles. The molecule has 0 saturated carbocycles. The van der Waals surface area contributed by atoms with E-state index in [1.165, 1.54) is 0 Å². The molecule has 0 bridgehead atoms. The summed E-state index contributed by atoms with van der Waals surface area (Å²) in [6.07, 6.45) is 3.07. The maximum Gasteiger partial charge on any atom is 0.161 e. The van der Waals surface area contributed by atoms with Crippen LogP contribution in [0.15, 0.2) is 53.1 Å². The summed E-state index contributed by atoms with van der Waals surface area (Å²) < 4.78 is 9.09. The lowest BCUT2D eigenvalue weighted by Gasteiger charge is -2.34. The van der Waals surface area contributed by atoms with Gasteiger partial charge in [0.2, 0.25) is 0 Å². The van der Waals surface area contributed by atoms with E-state index in [4.69, 9.17) is 16.3 Å². The number of para-hydroxylation sites is 1. The molecule has 0 N–H and O–H groups in total. The molecule has 32 heavy (non-hydrogen) atoms. The number of Topliss-reactive ketones (excluding diaryl/α,β-unsaturated/α-hetero) is 1. The van der Waals surface area contributed by atoms with E-state index in [0.717, 1.165) is 83.9 Å². The largest absolute Gasteiger partial charge is 0.492 e. The van der Waals surface area contributed by atoms with Gasteiger partial charge in [-0.3, -0.25) is 9.69 Å². The molecule has 4 rings (SSSR count). The normalized spacial score (nSPS) is 15.3. The third-order valence-electron chi connectivity index (χ3n) is 6.06. The lowest BCUT2D eigenvalue weighted by molar-refractivity contribution is 0.101. The smallest absolute Gasteiger partial charge is 0.161 e. The third-order valence-corrected chi connectivity index (χ3v) is 6.95. The highest BCUT2D eigenvalue weighted by atomic mass is 79.9. The van der Waals surface area contributed by atoms with Gasteiger partial charge in [0.25, 0.3) is 0 Å². The second-order valence-electron chi connectivity index (χ2n) is 8.27. The van der Waals surface area contributed by atoms with Crippen molar-refractivity contribution in [1.82, 2.24) is 14.4 Å². The second-order valence-corrected chi connectivity index (χ2v) is 9.56. The number of piperazine rings is 1. The number of rotatable bonds is 9. The maximum atomic E-state index is 12.0. The van der Waals surface area contributed by atoms with Crippen LogP contribution in [0.3, 0.4) is 0 Å². The van der Waals surface area contributed by atoms with E-state index in [0.29, 0.717) is 6.61 Å². The molecule has 2 heterocycles. The van der Waals surface area contributed by atoms with E-state index in [2.05, 4.69) is 30.3 Å². The molecule has 0 atom stereocenters.